The molecule has 3 rings (SSSR count). The molecular formula is C16H24ClN3O4. The molecule has 0 radical (unpaired) electrons. The molecule has 2 aliphatic rings. The highest BCUT2D eigenvalue weighted by Gasteiger charge is 2.24. The number of nitrogens with zero attached hydrogens (tertiary/aromatic N) is 2. The number of aromatic nitrogens is 1. The van der Waals surface area contributed by atoms with Gasteiger partial charge in [0.15, 0.2) is 0 Å². The number of halogens is 1. The lowest BCUT2D eigenvalue weighted by molar-refractivity contribution is -0.100. The molecule has 2 saturated heterocycles. The minimum absolute atomic E-state index is 0. The molecule has 2 N–H and O–H groups in total. The van der Waals surface area contributed by atoms with Crippen molar-refractivity contribution in [1.29, 1.82) is 0 Å². The number of ether oxygens (including phenoxy) is 3. The summed E-state index contributed by atoms with van der Waals surface area (Å²) in [5, 5.41) is 0. The lowest BCUT2D eigenvalue weighted by atomic mass is 10.1. The van der Waals surface area contributed by atoms with Crippen LogP contribution in [0.4, 0.5) is 0 Å². The van der Waals surface area contributed by atoms with Crippen molar-refractivity contribution in [2.45, 2.75) is 25.0 Å². The zero-order valence-corrected chi connectivity index (χ0v) is 14.4. The van der Waals surface area contributed by atoms with Crippen LogP contribution in [0.1, 0.15) is 23.3 Å². The first-order chi connectivity index (χ1) is 11.2. The van der Waals surface area contributed by atoms with E-state index in [1.54, 1.807) is 18.3 Å². The molecule has 0 aromatic carbocycles. The van der Waals surface area contributed by atoms with Gasteiger partial charge in [-0.05, 0) is 18.9 Å². The number of pyridine rings is 1. The first-order valence-electron chi connectivity index (χ1n) is 8.05. The van der Waals surface area contributed by atoms with E-state index < -0.39 is 5.91 Å². The highest BCUT2D eigenvalue weighted by molar-refractivity contribution is 5.91. The largest absolute Gasteiger partial charge is 0.490 e. The number of nitrogens with two attached hydrogens (primary N) is 1. The van der Waals surface area contributed by atoms with E-state index in [1.807, 2.05) is 0 Å². The number of likely N-dealkylation sites (tertiary alicyclic amines) is 1. The van der Waals surface area contributed by atoms with E-state index in [1.165, 1.54) is 0 Å². The van der Waals surface area contributed by atoms with E-state index in [2.05, 4.69) is 9.88 Å². The molecule has 2 aliphatic heterocycles. The molecule has 1 atom stereocenters. The minimum Gasteiger partial charge on any atom is -0.490 e. The minimum atomic E-state index is -0.542. The van der Waals surface area contributed by atoms with E-state index in [0.717, 1.165) is 32.5 Å². The van der Waals surface area contributed by atoms with E-state index >= 15 is 0 Å². The summed E-state index contributed by atoms with van der Waals surface area (Å²) < 4.78 is 17.1. The second-order valence-electron chi connectivity index (χ2n) is 5.93. The lowest BCUT2D eigenvalue weighted by Gasteiger charge is -2.35. The van der Waals surface area contributed by atoms with Crippen molar-refractivity contribution < 1.29 is 19.0 Å². The van der Waals surface area contributed by atoms with Crippen LogP contribution in [0.3, 0.4) is 0 Å². The fourth-order valence-corrected chi connectivity index (χ4v) is 2.95. The Balaban J connectivity index is 0.00000208. The first-order valence-corrected chi connectivity index (χ1v) is 8.05. The van der Waals surface area contributed by atoms with Crippen LogP contribution < -0.4 is 10.5 Å². The number of amides is 1. The number of primary amides is 1. The van der Waals surface area contributed by atoms with Gasteiger partial charge in [0.1, 0.15) is 17.5 Å². The zero-order chi connectivity index (χ0) is 16.1. The topological polar surface area (TPSA) is 86.9 Å². The molecule has 1 amide bonds. The van der Waals surface area contributed by atoms with E-state index in [0.29, 0.717) is 25.6 Å². The summed E-state index contributed by atoms with van der Waals surface area (Å²) in [6.07, 6.45) is 3.77. The van der Waals surface area contributed by atoms with Crippen molar-refractivity contribution in [3.8, 4) is 5.75 Å². The third-order valence-electron chi connectivity index (χ3n) is 4.17. The van der Waals surface area contributed by atoms with Gasteiger partial charge in [0.25, 0.3) is 5.91 Å². The molecule has 134 valence electrons. The SMILES string of the molecule is Cl.NC(=O)c1cc(OC2CCN(CC3COCCO3)CC2)ccn1. The van der Waals surface area contributed by atoms with Gasteiger partial charge in [-0.15, -0.1) is 12.4 Å². The Labute approximate surface area is 147 Å². The number of hydrogen-bond donors (Lipinski definition) is 1. The maximum Gasteiger partial charge on any atom is 0.267 e. The Morgan fingerprint density at radius 3 is 2.83 bits per heavy atom. The van der Waals surface area contributed by atoms with Gasteiger partial charge in [0.2, 0.25) is 0 Å². The molecule has 8 heteroatoms. The third-order valence-corrected chi connectivity index (χ3v) is 4.17. The van der Waals surface area contributed by atoms with Crippen molar-refractivity contribution in [1.82, 2.24) is 9.88 Å². The van der Waals surface area contributed by atoms with Crippen LogP contribution >= 0.6 is 12.4 Å². The summed E-state index contributed by atoms with van der Waals surface area (Å²) in [5.74, 6) is 0.108. The summed E-state index contributed by atoms with van der Waals surface area (Å²) >= 11 is 0. The van der Waals surface area contributed by atoms with Gasteiger partial charge in [-0.1, -0.05) is 0 Å². The van der Waals surface area contributed by atoms with Gasteiger partial charge < -0.3 is 24.8 Å². The molecule has 0 aliphatic carbocycles. The van der Waals surface area contributed by atoms with Gasteiger partial charge >= 0.3 is 0 Å². The molecule has 1 aromatic rings. The summed E-state index contributed by atoms with van der Waals surface area (Å²) in [4.78, 5) is 17.5. The van der Waals surface area contributed by atoms with E-state index in [9.17, 15) is 4.79 Å². The average molecular weight is 358 g/mol. The van der Waals surface area contributed by atoms with Gasteiger partial charge in [-0.25, -0.2) is 0 Å². The van der Waals surface area contributed by atoms with Gasteiger partial charge in [0, 0.05) is 31.9 Å². The van der Waals surface area contributed by atoms with Crippen molar-refractivity contribution in [3.63, 3.8) is 0 Å². The molecular weight excluding hydrogens is 334 g/mol. The second-order valence-corrected chi connectivity index (χ2v) is 5.93. The van der Waals surface area contributed by atoms with Crippen molar-refractivity contribution in [2.24, 2.45) is 5.73 Å². The Kier molecular flexibility index (Phi) is 7.23. The number of rotatable bonds is 5. The number of piperidine rings is 1. The molecule has 2 fully saturated rings. The summed E-state index contributed by atoms with van der Waals surface area (Å²) in [7, 11) is 0. The standard InChI is InChI=1S/C16H23N3O4.ClH/c17-16(20)15-9-13(1-4-18-15)23-12-2-5-19(6-3-12)10-14-11-21-7-8-22-14;/h1,4,9,12,14H,2-3,5-8,10-11H2,(H2,17,20);1H. The van der Waals surface area contributed by atoms with Crippen LogP contribution in [0.15, 0.2) is 18.3 Å². The van der Waals surface area contributed by atoms with Crippen LogP contribution in [0.5, 0.6) is 5.75 Å². The van der Waals surface area contributed by atoms with Crippen molar-refractivity contribution in [3.05, 3.63) is 24.0 Å². The highest BCUT2D eigenvalue weighted by atomic mass is 35.5. The molecule has 3 heterocycles. The van der Waals surface area contributed by atoms with Gasteiger partial charge in [-0.3, -0.25) is 9.78 Å². The van der Waals surface area contributed by atoms with E-state index in [4.69, 9.17) is 19.9 Å². The Hall–Kier alpha value is -1.41. The lowest BCUT2D eigenvalue weighted by Crippen LogP contribution is -2.45. The van der Waals surface area contributed by atoms with Crippen molar-refractivity contribution >= 4 is 18.3 Å². The molecule has 24 heavy (non-hydrogen) atoms. The number of carbonyl (C=O) groups excluding carboxylic acids is 1. The van der Waals surface area contributed by atoms with Crippen molar-refractivity contribution in [2.75, 3.05) is 39.5 Å². The van der Waals surface area contributed by atoms with Crippen LogP contribution in [0.25, 0.3) is 0 Å². The average Bonchev–Trinajstić information content (AvgIpc) is 2.58. The maximum absolute atomic E-state index is 11.2. The highest BCUT2D eigenvalue weighted by Crippen LogP contribution is 2.20. The van der Waals surface area contributed by atoms with Gasteiger partial charge in [-0.2, -0.15) is 0 Å². The van der Waals surface area contributed by atoms with E-state index in [-0.39, 0.29) is 30.3 Å². The Morgan fingerprint density at radius 2 is 2.17 bits per heavy atom. The molecule has 7 nitrogen and oxygen atoms in total. The first kappa shape index (κ1) is 18.9. The predicted octanol–water partition coefficient (Wildman–Crippen LogP) is 0.861. The van der Waals surface area contributed by atoms with Crippen LogP contribution in [-0.4, -0.2) is 67.5 Å². The molecule has 0 bridgehead atoms. The summed E-state index contributed by atoms with van der Waals surface area (Å²) in [6, 6.07) is 3.36. The molecule has 0 spiro atoms. The monoisotopic (exact) mass is 357 g/mol. The number of carbonyl (C=O) groups is 1. The van der Waals surface area contributed by atoms with Crippen LogP contribution in [0.2, 0.25) is 0 Å². The summed E-state index contributed by atoms with van der Waals surface area (Å²) in [6.45, 7) is 4.92. The smallest absolute Gasteiger partial charge is 0.267 e. The van der Waals surface area contributed by atoms with Crippen LogP contribution in [-0.2, 0) is 9.47 Å². The normalized spacial score (nSPS) is 22.6. The molecule has 1 unspecified atom stereocenters. The maximum atomic E-state index is 11.2. The van der Waals surface area contributed by atoms with Gasteiger partial charge in [0.05, 0.1) is 25.9 Å². The third kappa shape index (κ3) is 5.31. The quantitative estimate of drug-likeness (QED) is 0.841. The fraction of sp³-hybridized carbons (Fsp3) is 0.625. The molecule has 0 saturated carbocycles. The van der Waals surface area contributed by atoms with Crippen LogP contribution in [0, 0.1) is 0 Å². The Bertz CT molecular complexity index is 532. The number of hydrogen-bond acceptors (Lipinski definition) is 6. The summed E-state index contributed by atoms with van der Waals surface area (Å²) in [5.41, 5.74) is 5.47. The zero-order valence-electron chi connectivity index (χ0n) is 13.6. The Morgan fingerprint density at radius 1 is 1.38 bits per heavy atom. The predicted molar refractivity (Wildman–Crippen MR) is 90.7 cm³/mol. The fourth-order valence-electron chi connectivity index (χ4n) is 2.95. The second kappa shape index (κ2) is 9.17. The molecule has 1 aromatic heterocycles.